The summed E-state index contributed by atoms with van der Waals surface area (Å²) in [5, 5.41) is 0. The molecule has 0 bridgehead atoms. The SMILES string of the molecule is O=C(CCCN1C(=O)C(=Cc2ccc3c(c2)OCO3)SC1=S)N1CCCCCC1. The number of carbonyl (C=O) groups excluding carboxylic acids is 2. The number of thiocarbonyl (C=S) groups is 1. The van der Waals surface area contributed by atoms with E-state index in [0.717, 1.165) is 31.5 Å². The lowest BCUT2D eigenvalue weighted by molar-refractivity contribution is -0.131. The standard InChI is InChI=1S/C21H24N2O4S2/c24-19(22-9-3-1-2-4-10-22)6-5-11-23-20(25)18(29-21(23)28)13-15-7-8-16-17(12-15)27-14-26-16/h7-8,12-13H,1-6,9-11,14H2. The van der Waals surface area contributed by atoms with Gasteiger partial charge in [0.05, 0.1) is 4.91 Å². The molecule has 0 aromatic heterocycles. The van der Waals surface area contributed by atoms with Crippen LogP contribution in [0.15, 0.2) is 23.1 Å². The van der Waals surface area contributed by atoms with Crippen LogP contribution in [0.5, 0.6) is 11.5 Å². The molecular weight excluding hydrogens is 408 g/mol. The lowest BCUT2D eigenvalue weighted by Crippen LogP contribution is -2.33. The summed E-state index contributed by atoms with van der Waals surface area (Å²) in [4.78, 5) is 29.4. The molecule has 8 heteroatoms. The van der Waals surface area contributed by atoms with Gasteiger partial charge in [0, 0.05) is 26.1 Å². The Morgan fingerprint density at radius 1 is 1.14 bits per heavy atom. The van der Waals surface area contributed by atoms with Crippen molar-refractivity contribution >= 4 is 46.2 Å². The number of rotatable bonds is 5. The number of likely N-dealkylation sites (tertiary alicyclic amines) is 1. The lowest BCUT2D eigenvalue weighted by Gasteiger charge is -2.21. The molecular formula is C21H24N2O4S2. The summed E-state index contributed by atoms with van der Waals surface area (Å²) in [5.41, 5.74) is 0.867. The molecule has 1 aromatic rings. The summed E-state index contributed by atoms with van der Waals surface area (Å²) in [6.07, 6.45) is 7.49. The number of benzene rings is 1. The minimum Gasteiger partial charge on any atom is -0.454 e. The van der Waals surface area contributed by atoms with E-state index in [9.17, 15) is 9.59 Å². The van der Waals surface area contributed by atoms with Crippen LogP contribution in [0.1, 0.15) is 44.1 Å². The first kappa shape index (κ1) is 20.2. The third kappa shape index (κ3) is 4.75. The van der Waals surface area contributed by atoms with Gasteiger partial charge in [-0.2, -0.15) is 0 Å². The Bertz CT molecular complexity index is 847. The highest BCUT2D eigenvalue weighted by atomic mass is 32.2. The Kier molecular flexibility index (Phi) is 6.40. The van der Waals surface area contributed by atoms with Crippen molar-refractivity contribution in [2.24, 2.45) is 0 Å². The van der Waals surface area contributed by atoms with Crippen LogP contribution in [-0.4, -0.2) is 52.4 Å². The molecule has 0 spiro atoms. The first-order valence-corrected chi connectivity index (χ1v) is 11.3. The van der Waals surface area contributed by atoms with E-state index in [0.29, 0.717) is 40.1 Å². The van der Waals surface area contributed by atoms with Crippen LogP contribution in [0.3, 0.4) is 0 Å². The van der Waals surface area contributed by atoms with Crippen LogP contribution in [0.4, 0.5) is 0 Å². The molecule has 6 nitrogen and oxygen atoms in total. The van der Waals surface area contributed by atoms with Gasteiger partial charge in [-0.1, -0.05) is 42.9 Å². The van der Waals surface area contributed by atoms with Gasteiger partial charge in [-0.05, 0) is 43.0 Å². The van der Waals surface area contributed by atoms with Crippen LogP contribution in [-0.2, 0) is 9.59 Å². The van der Waals surface area contributed by atoms with E-state index < -0.39 is 0 Å². The predicted molar refractivity (Wildman–Crippen MR) is 117 cm³/mol. The highest BCUT2D eigenvalue weighted by Crippen LogP contribution is 2.36. The van der Waals surface area contributed by atoms with Gasteiger partial charge in [-0.25, -0.2) is 0 Å². The second-order valence-electron chi connectivity index (χ2n) is 7.34. The number of hydrogen-bond donors (Lipinski definition) is 0. The van der Waals surface area contributed by atoms with E-state index in [4.69, 9.17) is 21.7 Å². The molecule has 29 heavy (non-hydrogen) atoms. The Labute approximate surface area is 180 Å². The van der Waals surface area contributed by atoms with E-state index in [-0.39, 0.29) is 18.6 Å². The molecule has 2 amide bonds. The van der Waals surface area contributed by atoms with Gasteiger partial charge in [0.1, 0.15) is 4.32 Å². The van der Waals surface area contributed by atoms with E-state index in [2.05, 4.69) is 0 Å². The third-order valence-electron chi connectivity index (χ3n) is 5.30. The molecule has 3 heterocycles. The highest BCUT2D eigenvalue weighted by Gasteiger charge is 2.32. The monoisotopic (exact) mass is 432 g/mol. The maximum atomic E-state index is 12.8. The second kappa shape index (κ2) is 9.17. The summed E-state index contributed by atoms with van der Waals surface area (Å²) in [6, 6.07) is 5.58. The van der Waals surface area contributed by atoms with Crippen molar-refractivity contribution in [2.45, 2.75) is 38.5 Å². The normalized spacial score (nSPS) is 20.5. The molecule has 2 saturated heterocycles. The Morgan fingerprint density at radius 3 is 2.69 bits per heavy atom. The molecule has 3 aliphatic rings. The summed E-state index contributed by atoms with van der Waals surface area (Å²) in [6.45, 7) is 2.41. The zero-order valence-electron chi connectivity index (χ0n) is 16.2. The zero-order chi connectivity index (χ0) is 20.2. The Morgan fingerprint density at radius 2 is 1.90 bits per heavy atom. The number of ether oxygens (including phenoxy) is 2. The van der Waals surface area contributed by atoms with Gasteiger partial charge >= 0.3 is 0 Å². The van der Waals surface area contributed by atoms with Crippen LogP contribution in [0.2, 0.25) is 0 Å². The average molecular weight is 433 g/mol. The van der Waals surface area contributed by atoms with Crippen LogP contribution in [0.25, 0.3) is 6.08 Å². The second-order valence-corrected chi connectivity index (χ2v) is 9.02. The van der Waals surface area contributed by atoms with Crippen molar-refractivity contribution in [3.05, 3.63) is 28.7 Å². The number of fused-ring (bicyclic) bond motifs is 1. The molecule has 0 aliphatic carbocycles. The number of hydrogen-bond acceptors (Lipinski definition) is 6. The quantitative estimate of drug-likeness (QED) is 0.521. The first-order chi connectivity index (χ1) is 14.1. The van der Waals surface area contributed by atoms with Crippen molar-refractivity contribution < 1.29 is 19.1 Å². The molecule has 4 rings (SSSR count). The van der Waals surface area contributed by atoms with E-state index in [1.165, 1.54) is 24.6 Å². The fourth-order valence-corrected chi connectivity index (χ4v) is 5.02. The lowest BCUT2D eigenvalue weighted by atomic mass is 10.2. The summed E-state index contributed by atoms with van der Waals surface area (Å²) in [7, 11) is 0. The minimum atomic E-state index is -0.0973. The van der Waals surface area contributed by atoms with Gasteiger partial charge in [0.25, 0.3) is 5.91 Å². The number of nitrogens with zero attached hydrogens (tertiary/aromatic N) is 2. The maximum Gasteiger partial charge on any atom is 0.266 e. The summed E-state index contributed by atoms with van der Waals surface area (Å²) < 4.78 is 11.3. The number of carbonyl (C=O) groups is 2. The molecule has 0 atom stereocenters. The molecule has 2 fully saturated rings. The molecule has 154 valence electrons. The van der Waals surface area contributed by atoms with Gasteiger partial charge in [-0.3, -0.25) is 14.5 Å². The van der Waals surface area contributed by atoms with Crippen LogP contribution in [0, 0.1) is 0 Å². The number of amides is 2. The maximum absolute atomic E-state index is 12.8. The molecule has 0 radical (unpaired) electrons. The van der Waals surface area contributed by atoms with Gasteiger partial charge < -0.3 is 14.4 Å². The van der Waals surface area contributed by atoms with Gasteiger partial charge in [0.2, 0.25) is 12.7 Å². The van der Waals surface area contributed by atoms with Gasteiger partial charge in [0.15, 0.2) is 11.5 Å². The van der Waals surface area contributed by atoms with E-state index >= 15 is 0 Å². The summed E-state index contributed by atoms with van der Waals surface area (Å²) >= 11 is 6.70. The molecule has 0 saturated carbocycles. The van der Waals surface area contributed by atoms with Crippen molar-refractivity contribution in [2.75, 3.05) is 26.4 Å². The predicted octanol–water partition coefficient (Wildman–Crippen LogP) is 3.80. The van der Waals surface area contributed by atoms with Crippen molar-refractivity contribution in [1.29, 1.82) is 0 Å². The molecule has 0 N–H and O–H groups in total. The topological polar surface area (TPSA) is 59.1 Å². The first-order valence-electron chi connectivity index (χ1n) is 10.0. The Hall–Kier alpha value is -2.06. The van der Waals surface area contributed by atoms with Gasteiger partial charge in [-0.15, -0.1) is 0 Å². The smallest absolute Gasteiger partial charge is 0.266 e. The van der Waals surface area contributed by atoms with Crippen LogP contribution >= 0.6 is 24.0 Å². The summed E-state index contributed by atoms with van der Waals surface area (Å²) in [5.74, 6) is 1.48. The van der Waals surface area contributed by atoms with E-state index in [1.807, 2.05) is 29.2 Å². The fraction of sp³-hybridized carbons (Fsp3) is 0.476. The highest BCUT2D eigenvalue weighted by molar-refractivity contribution is 8.26. The largest absolute Gasteiger partial charge is 0.454 e. The minimum absolute atomic E-state index is 0.0973. The van der Waals surface area contributed by atoms with Crippen molar-refractivity contribution in [3.8, 4) is 11.5 Å². The van der Waals surface area contributed by atoms with Crippen molar-refractivity contribution in [1.82, 2.24) is 9.80 Å². The zero-order valence-corrected chi connectivity index (χ0v) is 17.9. The third-order valence-corrected chi connectivity index (χ3v) is 6.68. The molecule has 1 aromatic carbocycles. The molecule has 3 aliphatic heterocycles. The van der Waals surface area contributed by atoms with Crippen LogP contribution < -0.4 is 9.47 Å². The van der Waals surface area contributed by atoms with Crippen molar-refractivity contribution in [3.63, 3.8) is 0 Å². The van der Waals surface area contributed by atoms with E-state index in [1.54, 1.807) is 4.90 Å². The number of thioether (sulfide) groups is 1. The molecule has 0 unspecified atom stereocenters. The fourth-order valence-electron chi connectivity index (χ4n) is 3.71. The average Bonchev–Trinajstić information content (AvgIpc) is 3.14. The Balaban J connectivity index is 1.33.